The second kappa shape index (κ2) is 9.09. The van der Waals surface area contributed by atoms with Gasteiger partial charge in [0.2, 0.25) is 0 Å². The lowest BCUT2D eigenvalue weighted by atomic mass is 9.80. The topological polar surface area (TPSA) is 18.5 Å². The molecule has 0 aliphatic heterocycles. The molecule has 1 aliphatic carbocycles. The van der Waals surface area contributed by atoms with Crippen LogP contribution in [0.3, 0.4) is 0 Å². The minimum atomic E-state index is -0.207. The monoisotopic (exact) mass is 430 g/mol. The number of benzene rings is 1. The maximum Gasteiger partial charge on any atom is 0.123 e. The van der Waals surface area contributed by atoms with E-state index in [4.69, 9.17) is 9.47 Å². The Morgan fingerprint density at radius 3 is 2.55 bits per heavy atom. The molecule has 1 aromatic rings. The Morgan fingerprint density at radius 1 is 1.09 bits per heavy atom. The van der Waals surface area contributed by atoms with E-state index in [2.05, 4.69) is 69.1 Å². The van der Waals surface area contributed by atoms with E-state index in [1.807, 2.05) is 0 Å². The zero-order chi connectivity index (χ0) is 15.8. The molecule has 1 atom stereocenters. The fraction of sp³-hybridized carbons (Fsp3) is 0.556. The average molecular weight is 432 g/mol. The van der Waals surface area contributed by atoms with Crippen molar-refractivity contribution in [3.05, 3.63) is 41.5 Å². The summed E-state index contributed by atoms with van der Waals surface area (Å²) in [5, 5.41) is 1.95. The van der Waals surface area contributed by atoms with Crippen molar-refractivity contribution in [3.8, 4) is 0 Å². The molecule has 1 unspecified atom stereocenters. The number of rotatable bonds is 9. The van der Waals surface area contributed by atoms with Gasteiger partial charge in [-0.05, 0) is 30.9 Å². The lowest BCUT2D eigenvalue weighted by Crippen LogP contribution is -2.32. The van der Waals surface area contributed by atoms with Crippen LogP contribution in [0.1, 0.15) is 43.7 Å². The first kappa shape index (κ1) is 18.0. The van der Waals surface area contributed by atoms with E-state index in [1.165, 1.54) is 11.1 Å². The van der Waals surface area contributed by atoms with Gasteiger partial charge in [-0.1, -0.05) is 63.0 Å². The van der Waals surface area contributed by atoms with Gasteiger partial charge in [0.05, 0.1) is 12.2 Å². The Bertz CT molecular complexity index is 502. The van der Waals surface area contributed by atoms with Crippen molar-refractivity contribution >= 4 is 37.6 Å². The number of alkyl halides is 2. The van der Waals surface area contributed by atoms with Crippen molar-refractivity contribution < 1.29 is 9.47 Å². The molecule has 0 bridgehead atoms. The molecule has 0 radical (unpaired) electrons. The van der Waals surface area contributed by atoms with Crippen LogP contribution in [-0.4, -0.2) is 23.9 Å². The third-order valence-corrected chi connectivity index (χ3v) is 5.19. The lowest BCUT2D eigenvalue weighted by molar-refractivity contribution is -0.0531. The highest BCUT2D eigenvalue weighted by molar-refractivity contribution is 9.09. The van der Waals surface area contributed by atoms with Gasteiger partial charge in [-0.25, -0.2) is 0 Å². The van der Waals surface area contributed by atoms with Gasteiger partial charge in [0, 0.05) is 29.3 Å². The maximum absolute atomic E-state index is 6.32. The van der Waals surface area contributed by atoms with Crippen LogP contribution in [0, 0.1) is 0 Å². The molecule has 1 aliphatic rings. The summed E-state index contributed by atoms with van der Waals surface area (Å²) in [6.07, 6.45) is 6.10. The van der Waals surface area contributed by atoms with Crippen LogP contribution in [0.2, 0.25) is 0 Å². The highest BCUT2D eigenvalue weighted by Crippen LogP contribution is 2.42. The van der Waals surface area contributed by atoms with Crippen molar-refractivity contribution in [2.45, 2.75) is 38.2 Å². The minimum Gasteiger partial charge on any atom is -0.493 e. The molecule has 122 valence electrons. The molecule has 0 aromatic heterocycles. The van der Waals surface area contributed by atoms with Crippen molar-refractivity contribution in [3.63, 3.8) is 0 Å². The fourth-order valence-electron chi connectivity index (χ4n) is 2.84. The number of ether oxygens (including phenoxy) is 2. The highest BCUT2D eigenvalue weighted by Gasteiger charge is 2.36. The van der Waals surface area contributed by atoms with E-state index >= 15 is 0 Å². The van der Waals surface area contributed by atoms with Gasteiger partial charge < -0.3 is 9.47 Å². The molecule has 22 heavy (non-hydrogen) atoms. The number of hydrogen-bond acceptors (Lipinski definition) is 2. The maximum atomic E-state index is 6.32. The largest absolute Gasteiger partial charge is 0.493 e. The van der Waals surface area contributed by atoms with Crippen LogP contribution >= 0.6 is 31.9 Å². The van der Waals surface area contributed by atoms with Gasteiger partial charge in [-0.2, -0.15) is 0 Å². The second-order valence-corrected chi connectivity index (χ2v) is 7.03. The van der Waals surface area contributed by atoms with E-state index in [0.717, 1.165) is 55.3 Å². The Balaban J connectivity index is 2.22. The fourth-order valence-corrected chi connectivity index (χ4v) is 3.30. The molecule has 4 heteroatoms. The van der Waals surface area contributed by atoms with Crippen molar-refractivity contribution in [2.24, 2.45) is 0 Å². The van der Waals surface area contributed by atoms with Gasteiger partial charge in [0.1, 0.15) is 5.76 Å². The van der Waals surface area contributed by atoms with Gasteiger partial charge in [0.15, 0.2) is 0 Å². The van der Waals surface area contributed by atoms with Gasteiger partial charge in [0.25, 0.3) is 0 Å². The predicted octanol–water partition coefficient (Wildman–Crippen LogP) is 5.64. The molecular formula is C18H24Br2O2. The molecule has 0 saturated heterocycles. The third kappa shape index (κ3) is 4.15. The van der Waals surface area contributed by atoms with E-state index in [0.29, 0.717) is 0 Å². The minimum absolute atomic E-state index is 0.207. The number of fused-ring (bicyclic) bond motifs is 1. The first-order valence-corrected chi connectivity index (χ1v) is 10.2. The Hall–Kier alpha value is -0.320. The molecule has 0 fully saturated rings. The summed E-state index contributed by atoms with van der Waals surface area (Å²) < 4.78 is 12.3. The molecule has 0 amide bonds. The van der Waals surface area contributed by atoms with Crippen LogP contribution in [-0.2, 0) is 15.1 Å². The van der Waals surface area contributed by atoms with Crippen molar-refractivity contribution in [2.75, 3.05) is 23.9 Å². The summed E-state index contributed by atoms with van der Waals surface area (Å²) in [5.41, 5.74) is 2.24. The summed E-state index contributed by atoms with van der Waals surface area (Å²) in [7, 11) is 0. The van der Waals surface area contributed by atoms with Crippen LogP contribution < -0.4 is 0 Å². The predicted molar refractivity (Wildman–Crippen MR) is 99.7 cm³/mol. The van der Waals surface area contributed by atoms with Gasteiger partial charge in [-0.3, -0.25) is 0 Å². The Morgan fingerprint density at radius 2 is 1.82 bits per heavy atom. The molecule has 1 aromatic carbocycles. The smallest absolute Gasteiger partial charge is 0.123 e. The first-order chi connectivity index (χ1) is 10.8. The highest BCUT2D eigenvalue weighted by atomic mass is 79.9. The van der Waals surface area contributed by atoms with Crippen molar-refractivity contribution in [1.29, 1.82) is 0 Å². The van der Waals surface area contributed by atoms with Crippen molar-refractivity contribution in [1.82, 2.24) is 0 Å². The molecule has 2 nitrogen and oxygen atoms in total. The third-order valence-electron chi connectivity index (χ3n) is 4.06. The normalized spacial score (nSPS) is 20.4. The summed E-state index contributed by atoms with van der Waals surface area (Å²) in [6.45, 7) is 3.73. The van der Waals surface area contributed by atoms with E-state index in [-0.39, 0.29) is 5.60 Å². The Kier molecular flexibility index (Phi) is 7.45. The zero-order valence-electron chi connectivity index (χ0n) is 13.1. The first-order valence-electron chi connectivity index (χ1n) is 7.96. The molecule has 2 rings (SSSR count). The lowest BCUT2D eigenvalue weighted by Gasteiger charge is -2.37. The number of hydrogen-bond donors (Lipinski definition) is 0. The van der Waals surface area contributed by atoms with Crippen LogP contribution in [0.15, 0.2) is 30.3 Å². The van der Waals surface area contributed by atoms with E-state index < -0.39 is 0 Å². The van der Waals surface area contributed by atoms with Gasteiger partial charge >= 0.3 is 0 Å². The SMILES string of the molecule is CCC1(OCCCBr)CC=C(OCCCBr)c2ccccc21. The van der Waals surface area contributed by atoms with Gasteiger partial charge in [-0.15, -0.1) is 0 Å². The summed E-state index contributed by atoms with van der Waals surface area (Å²) in [4.78, 5) is 0. The van der Waals surface area contributed by atoms with Crippen LogP contribution in [0.5, 0.6) is 0 Å². The Labute approximate surface area is 150 Å². The van der Waals surface area contributed by atoms with Crippen LogP contribution in [0.25, 0.3) is 5.76 Å². The molecule has 0 spiro atoms. The average Bonchev–Trinajstić information content (AvgIpc) is 2.57. The zero-order valence-corrected chi connectivity index (χ0v) is 16.3. The molecule has 0 heterocycles. The molecule has 0 saturated carbocycles. The van der Waals surface area contributed by atoms with E-state index in [9.17, 15) is 0 Å². The molecular weight excluding hydrogens is 408 g/mol. The number of halogens is 2. The standard InChI is InChI=1S/C18H24Br2O2/c1-2-18(22-14-6-12-20)10-9-17(21-13-5-11-19)15-7-3-4-8-16(15)18/h3-4,7-9H,2,5-6,10-14H2,1H3. The molecule has 0 N–H and O–H groups in total. The second-order valence-electron chi connectivity index (χ2n) is 5.45. The van der Waals surface area contributed by atoms with E-state index in [1.54, 1.807) is 0 Å². The quantitative estimate of drug-likeness (QED) is 0.372. The summed E-state index contributed by atoms with van der Waals surface area (Å²) in [6, 6.07) is 8.50. The summed E-state index contributed by atoms with van der Waals surface area (Å²) >= 11 is 6.92. The van der Waals surface area contributed by atoms with Crippen LogP contribution in [0.4, 0.5) is 0 Å². The summed E-state index contributed by atoms with van der Waals surface area (Å²) in [5.74, 6) is 1.00.